The Kier molecular flexibility index (Phi) is 3.48. The maximum absolute atomic E-state index is 11.3. The summed E-state index contributed by atoms with van der Waals surface area (Å²) in [5.74, 6) is 0.581. The SMILES string of the molecule is CC(C)C1(CNC(=O)CC(N)=S)CC1. The number of hydrogen-bond donors (Lipinski definition) is 2. The molecular formula is C10H18N2OS. The van der Waals surface area contributed by atoms with Gasteiger partial charge in [0.2, 0.25) is 5.91 Å². The van der Waals surface area contributed by atoms with E-state index in [-0.39, 0.29) is 17.3 Å². The molecule has 0 saturated heterocycles. The van der Waals surface area contributed by atoms with E-state index in [4.69, 9.17) is 5.73 Å². The fraction of sp³-hybridized carbons (Fsp3) is 0.800. The minimum Gasteiger partial charge on any atom is -0.393 e. The molecule has 0 heterocycles. The molecule has 1 fully saturated rings. The van der Waals surface area contributed by atoms with E-state index in [1.807, 2.05) is 0 Å². The molecule has 1 saturated carbocycles. The number of amides is 1. The van der Waals surface area contributed by atoms with Gasteiger partial charge in [0.25, 0.3) is 0 Å². The summed E-state index contributed by atoms with van der Waals surface area (Å²) in [4.78, 5) is 11.5. The molecule has 4 heteroatoms. The molecule has 0 aromatic rings. The molecule has 0 spiro atoms. The highest BCUT2D eigenvalue weighted by Gasteiger charge is 2.45. The molecule has 0 radical (unpaired) electrons. The lowest BCUT2D eigenvalue weighted by Crippen LogP contribution is -2.34. The minimum atomic E-state index is -0.0515. The van der Waals surface area contributed by atoms with Crippen molar-refractivity contribution < 1.29 is 4.79 Å². The molecule has 1 aliphatic rings. The summed E-state index contributed by atoms with van der Waals surface area (Å²) in [6, 6.07) is 0. The van der Waals surface area contributed by atoms with Crippen molar-refractivity contribution in [2.24, 2.45) is 17.1 Å². The quantitative estimate of drug-likeness (QED) is 0.676. The Hall–Kier alpha value is -0.640. The van der Waals surface area contributed by atoms with Gasteiger partial charge in [-0.15, -0.1) is 0 Å². The largest absolute Gasteiger partial charge is 0.393 e. The van der Waals surface area contributed by atoms with Crippen LogP contribution in [-0.4, -0.2) is 17.4 Å². The Morgan fingerprint density at radius 2 is 2.14 bits per heavy atom. The number of rotatable bonds is 5. The van der Waals surface area contributed by atoms with Gasteiger partial charge < -0.3 is 11.1 Å². The van der Waals surface area contributed by atoms with Crippen LogP contribution in [0.5, 0.6) is 0 Å². The Bertz CT molecular complexity index is 247. The second-order valence-corrected chi connectivity index (χ2v) is 4.96. The van der Waals surface area contributed by atoms with Gasteiger partial charge in [-0.3, -0.25) is 4.79 Å². The molecule has 14 heavy (non-hydrogen) atoms. The van der Waals surface area contributed by atoms with Gasteiger partial charge in [0, 0.05) is 6.54 Å². The van der Waals surface area contributed by atoms with Crippen molar-refractivity contribution >= 4 is 23.1 Å². The number of carbonyl (C=O) groups excluding carboxylic acids is 1. The third-order valence-electron chi connectivity index (χ3n) is 3.09. The van der Waals surface area contributed by atoms with Gasteiger partial charge in [0.05, 0.1) is 11.4 Å². The van der Waals surface area contributed by atoms with E-state index in [1.165, 1.54) is 12.8 Å². The summed E-state index contributed by atoms with van der Waals surface area (Å²) in [5, 5.41) is 2.89. The van der Waals surface area contributed by atoms with Crippen molar-refractivity contribution in [3.05, 3.63) is 0 Å². The van der Waals surface area contributed by atoms with Crippen LogP contribution in [0.2, 0.25) is 0 Å². The second kappa shape index (κ2) is 4.26. The molecule has 0 atom stereocenters. The van der Waals surface area contributed by atoms with E-state index in [2.05, 4.69) is 31.4 Å². The van der Waals surface area contributed by atoms with Gasteiger partial charge in [-0.05, 0) is 24.2 Å². The van der Waals surface area contributed by atoms with Gasteiger partial charge in [0.15, 0.2) is 0 Å². The van der Waals surface area contributed by atoms with E-state index in [0.29, 0.717) is 11.3 Å². The molecule has 1 rings (SSSR count). The van der Waals surface area contributed by atoms with Crippen LogP contribution in [0.3, 0.4) is 0 Å². The highest BCUT2D eigenvalue weighted by Crippen LogP contribution is 2.51. The summed E-state index contributed by atoms with van der Waals surface area (Å²) in [5.41, 5.74) is 5.63. The molecule has 80 valence electrons. The van der Waals surface area contributed by atoms with Crippen LogP contribution in [0.4, 0.5) is 0 Å². The van der Waals surface area contributed by atoms with Crippen LogP contribution in [0.15, 0.2) is 0 Å². The first-order valence-corrected chi connectivity index (χ1v) is 5.42. The van der Waals surface area contributed by atoms with E-state index in [9.17, 15) is 4.79 Å². The minimum absolute atomic E-state index is 0.0515. The fourth-order valence-corrected chi connectivity index (χ4v) is 1.75. The van der Waals surface area contributed by atoms with Crippen LogP contribution in [0, 0.1) is 11.3 Å². The topological polar surface area (TPSA) is 55.1 Å². The number of hydrogen-bond acceptors (Lipinski definition) is 2. The molecule has 3 N–H and O–H groups in total. The third kappa shape index (κ3) is 2.94. The summed E-state index contributed by atoms with van der Waals surface area (Å²) < 4.78 is 0. The standard InChI is InChI=1S/C10H18N2OS/c1-7(2)10(3-4-10)6-12-9(13)5-8(11)14/h7H,3-6H2,1-2H3,(H2,11,14)(H,12,13). The number of carbonyl (C=O) groups is 1. The van der Waals surface area contributed by atoms with Crippen LogP contribution in [0.1, 0.15) is 33.1 Å². The van der Waals surface area contributed by atoms with E-state index in [0.717, 1.165) is 6.54 Å². The first-order valence-electron chi connectivity index (χ1n) is 5.01. The molecule has 1 amide bonds. The summed E-state index contributed by atoms with van der Waals surface area (Å²) in [6.07, 6.45) is 2.61. The van der Waals surface area contributed by atoms with Gasteiger partial charge in [-0.2, -0.15) is 0 Å². The highest BCUT2D eigenvalue weighted by atomic mass is 32.1. The van der Waals surface area contributed by atoms with Crippen molar-refractivity contribution in [2.75, 3.05) is 6.54 Å². The van der Waals surface area contributed by atoms with Crippen LogP contribution < -0.4 is 11.1 Å². The zero-order valence-electron chi connectivity index (χ0n) is 8.80. The normalized spacial score (nSPS) is 17.9. The Morgan fingerprint density at radius 3 is 2.50 bits per heavy atom. The molecule has 1 aliphatic carbocycles. The van der Waals surface area contributed by atoms with Crippen molar-refractivity contribution in [3.63, 3.8) is 0 Å². The molecule has 0 aliphatic heterocycles. The average molecular weight is 214 g/mol. The van der Waals surface area contributed by atoms with Gasteiger partial charge >= 0.3 is 0 Å². The molecule has 3 nitrogen and oxygen atoms in total. The van der Waals surface area contributed by atoms with Gasteiger partial charge in [-0.1, -0.05) is 26.1 Å². The van der Waals surface area contributed by atoms with Crippen molar-refractivity contribution in [2.45, 2.75) is 33.1 Å². The predicted molar refractivity (Wildman–Crippen MR) is 60.9 cm³/mol. The molecule has 0 bridgehead atoms. The third-order valence-corrected chi connectivity index (χ3v) is 3.23. The fourth-order valence-electron chi connectivity index (χ4n) is 1.61. The Morgan fingerprint density at radius 1 is 1.57 bits per heavy atom. The molecule has 0 aromatic carbocycles. The van der Waals surface area contributed by atoms with E-state index in [1.54, 1.807) is 0 Å². The van der Waals surface area contributed by atoms with Gasteiger partial charge in [-0.25, -0.2) is 0 Å². The summed E-state index contributed by atoms with van der Waals surface area (Å²) in [7, 11) is 0. The zero-order valence-corrected chi connectivity index (χ0v) is 9.62. The smallest absolute Gasteiger partial charge is 0.226 e. The Labute approximate surface area is 90.4 Å². The number of nitrogens with two attached hydrogens (primary N) is 1. The molecular weight excluding hydrogens is 196 g/mol. The number of thiocarbonyl (C=S) groups is 1. The Balaban J connectivity index is 2.27. The monoisotopic (exact) mass is 214 g/mol. The van der Waals surface area contributed by atoms with Crippen molar-refractivity contribution in [3.8, 4) is 0 Å². The first-order chi connectivity index (χ1) is 6.46. The maximum atomic E-state index is 11.3. The van der Waals surface area contributed by atoms with E-state index >= 15 is 0 Å². The highest BCUT2D eigenvalue weighted by molar-refractivity contribution is 7.80. The van der Waals surface area contributed by atoms with Crippen molar-refractivity contribution in [1.29, 1.82) is 0 Å². The van der Waals surface area contributed by atoms with Crippen LogP contribution in [-0.2, 0) is 4.79 Å². The molecule has 0 aromatic heterocycles. The average Bonchev–Trinajstić information content (AvgIpc) is 2.79. The summed E-state index contributed by atoms with van der Waals surface area (Å²) in [6.45, 7) is 5.17. The lowest BCUT2D eigenvalue weighted by Gasteiger charge is -2.19. The van der Waals surface area contributed by atoms with E-state index < -0.39 is 0 Å². The lowest BCUT2D eigenvalue weighted by molar-refractivity contribution is -0.120. The zero-order chi connectivity index (χ0) is 10.8. The maximum Gasteiger partial charge on any atom is 0.226 e. The van der Waals surface area contributed by atoms with Crippen LogP contribution >= 0.6 is 12.2 Å². The lowest BCUT2D eigenvalue weighted by atomic mass is 9.92. The first kappa shape index (κ1) is 11.4. The van der Waals surface area contributed by atoms with Gasteiger partial charge in [0.1, 0.15) is 0 Å². The second-order valence-electron chi connectivity index (χ2n) is 4.44. The summed E-state index contributed by atoms with van der Waals surface area (Å²) >= 11 is 4.66. The van der Waals surface area contributed by atoms with Crippen molar-refractivity contribution in [1.82, 2.24) is 5.32 Å². The predicted octanol–water partition coefficient (Wildman–Crippen LogP) is 1.22. The molecule has 0 unspecified atom stereocenters. The number of nitrogens with one attached hydrogen (secondary N) is 1. The van der Waals surface area contributed by atoms with Crippen LogP contribution in [0.25, 0.3) is 0 Å².